The molecule has 0 aliphatic carbocycles. The van der Waals surface area contributed by atoms with Crippen molar-refractivity contribution < 1.29 is 14.3 Å². The van der Waals surface area contributed by atoms with Gasteiger partial charge in [0.05, 0.1) is 32.6 Å². The van der Waals surface area contributed by atoms with Crippen LogP contribution in [0.1, 0.15) is 12.5 Å². The molecular formula is C19H23N3O3. The van der Waals surface area contributed by atoms with Gasteiger partial charge >= 0.3 is 0 Å². The standard InChI is InChI=1S/C19H23N3O3/c1-2-25-18-8-7-15-5-3-4-6-16(15)17(18)13-20-21-19(23)14-22-9-11-24-12-10-22/h3-8,13H,2,9-12,14H2,1H3,(H,21,23)/b20-13-. The zero-order valence-electron chi connectivity index (χ0n) is 14.4. The van der Waals surface area contributed by atoms with E-state index in [-0.39, 0.29) is 5.91 Å². The molecule has 1 N–H and O–H groups in total. The fourth-order valence-corrected chi connectivity index (χ4v) is 2.86. The lowest BCUT2D eigenvalue weighted by atomic mass is 10.0. The van der Waals surface area contributed by atoms with Gasteiger partial charge in [-0.2, -0.15) is 5.10 Å². The third kappa shape index (κ3) is 4.55. The summed E-state index contributed by atoms with van der Waals surface area (Å²) >= 11 is 0. The molecule has 1 heterocycles. The minimum Gasteiger partial charge on any atom is -0.493 e. The average Bonchev–Trinajstić information content (AvgIpc) is 2.64. The van der Waals surface area contributed by atoms with Gasteiger partial charge in [-0.3, -0.25) is 9.69 Å². The number of carbonyl (C=O) groups excluding carboxylic acids is 1. The molecular weight excluding hydrogens is 318 g/mol. The molecule has 6 heteroatoms. The van der Waals surface area contributed by atoms with E-state index in [4.69, 9.17) is 9.47 Å². The second-order valence-electron chi connectivity index (χ2n) is 5.81. The molecule has 25 heavy (non-hydrogen) atoms. The maximum absolute atomic E-state index is 12.0. The Morgan fingerprint density at radius 2 is 2.08 bits per heavy atom. The molecule has 1 fully saturated rings. The molecule has 132 valence electrons. The van der Waals surface area contributed by atoms with E-state index in [0.29, 0.717) is 26.4 Å². The van der Waals surface area contributed by atoms with Crippen LogP contribution >= 0.6 is 0 Å². The van der Waals surface area contributed by atoms with Crippen LogP contribution in [0.25, 0.3) is 10.8 Å². The third-order valence-corrected chi connectivity index (χ3v) is 4.08. The summed E-state index contributed by atoms with van der Waals surface area (Å²) in [6, 6.07) is 12.0. The summed E-state index contributed by atoms with van der Waals surface area (Å²) in [6.07, 6.45) is 1.66. The first-order chi connectivity index (χ1) is 12.3. The zero-order chi connectivity index (χ0) is 17.5. The molecule has 3 rings (SSSR count). The minimum absolute atomic E-state index is 0.128. The minimum atomic E-state index is -0.128. The summed E-state index contributed by atoms with van der Waals surface area (Å²) < 4.78 is 11.0. The van der Waals surface area contributed by atoms with Crippen molar-refractivity contribution in [3.8, 4) is 5.75 Å². The quantitative estimate of drug-likeness (QED) is 0.645. The molecule has 2 aromatic carbocycles. The number of nitrogens with zero attached hydrogens (tertiary/aromatic N) is 2. The number of hydrazone groups is 1. The zero-order valence-corrected chi connectivity index (χ0v) is 14.4. The third-order valence-electron chi connectivity index (χ3n) is 4.08. The van der Waals surface area contributed by atoms with Crippen LogP contribution in [0.4, 0.5) is 0 Å². The van der Waals surface area contributed by atoms with Crippen LogP contribution in [0.3, 0.4) is 0 Å². The van der Waals surface area contributed by atoms with Gasteiger partial charge in [-0.05, 0) is 23.8 Å². The van der Waals surface area contributed by atoms with E-state index in [0.717, 1.165) is 35.2 Å². The Bertz CT molecular complexity index is 755. The van der Waals surface area contributed by atoms with Crippen LogP contribution in [0.5, 0.6) is 5.75 Å². The summed E-state index contributed by atoms with van der Waals surface area (Å²) in [5, 5.41) is 6.28. The Balaban J connectivity index is 1.71. The number of rotatable bonds is 6. The van der Waals surface area contributed by atoms with Crippen LogP contribution in [0.15, 0.2) is 41.5 Å². The highest BCUT2D eigenvalue weighted by atomic mass is 16.5. The average molecular weight is 341 g/mol. The van der Waals surface area contributed by atoms with Gasteiger partial charge in [0.25, 0.3) is 5.91 Å². The monoisotopic (exact) mass is 341 g/mol. The molecule has 2 aromatic rings. The van der Waals surface area contributed by atoms with Gasteiger partial charge in [0.1, 0.15) is 5.75 Å². The molecule has 0 unspecified atom stereocenters. The van der Waals surface area contributed by atoms with Gasteiger partial charge < -0.3 is 9.47 Å². The van der Waals surface area contributed by atoms with Gasteiger partial charge in [-0.15, -0.1) is 0 Å². The number of hydrogen-bond acceptors (Lipinski definition) is 5. The SMILES string of the molecule is CCOc1ccc2ccccc2c1/C=N\NC(=O)CN1CCOCC1. The maximum Gasteiger partial charge on any atom is 0.254 e. The van der Waals surface area contributed by atoms with E-state index in [2.05, 4.69) is 15.4 Å². The van der Waals surface area contributed by atoms with Crippen molar-refractivity contribution in [3.05, 3.63) is 42.0 Å². The van der Waals surface area contributed by atoms with Crippen molar-refractivity contribution in [2.75, 3.05) is 39.5 Å². The van der Waals surface area contributed by atoms with Crippen LogP contribution in [0.2, 0.25) is 0 Å². The fraction of sp³-hybridized carbons (Fsp3) is 0.368. The molecule has 1 saturated heterocycles. The summed E-state index contributed by atoms with van der Waals surface area (Å²) in [5.74, 6) is 0.628. The molecule has 0 saturated carbocycles. The number of nitrogens with one attached hydrogen (secondary N) is 1. The number of morpholine rings is 1. The van der Waals surface area contributed by atoms with Crippen molar-refractivity contribution in [2.24, 2.45) is 5.10 Å². The summed E-state index contributed by atoms with van der Waals surface area (Å²) in [6.45, 7) is 5.73. The second kappa shape index (κ2) is 8.60. The number of hydrogen-bond donors (Lipinski definition) is 1. The lowest BCUT2D eigenvalue weighted by Crippen LogP contribution is -2.42. The number of amides is 1. The molecule has 0 spiro atoms. The Hall–Kier alpha value is -2.44. The molecule has 0 aromatic heterocycles. The van der Waals surface area contributed by atoms with E-state index in [9.17, 15) is 4.79 Å². The number of ether oxygens (including phenoxy) is 2. The first-order valence-corrected chi connectivity index (χ1v) is 8.54. The lowest BCUT2D eigenvalue weighted by molar-refractivity contribution is -0.123. The smallest absolute Gasteiger partial charge is 0.254 e. The molecule has 6 nitrogen and oxygen atoms in total. The van der Waals surface area contributed by atoms with E-state index in [1.807, 2.05) is 43.3 Å². The Morgan fingerprint density at radius 3 is 2.88 bits per heavy atom. The Kier molecular flexibility index (Phi) is 5.98. The van der Waals surface area contributed by atoms with Crippen LogP contribution < -0.4 is 10.2 Å². The van der Waals surface area contributed by atoms with Crippen molar-refractivity contribution in [3.63, 3.8) is 0 Å². The molecule has 0 radical (unpaired) electrons. The number of benzene rings is 2. The summed E-state index contributed by atoms with van der Waals surface area (Å²) in [4.78, 5) is 14.1. The highest BCUT2D eigenvalue weighted by Crippen LogP contribution is 2.26. The number of fused-ring (bicyclic) bond motifs is 1. The van der Waals surface area contributed by atoms with E-state index < -0.39 is 0 Å². The predicted octanol–water partition coefficient (Wildman–Crippen LogP) is 2.02. The highest BCUT2D eigenvalue weighted by Gasteiger charge is 2.13. The highest BCUT2D eigenvalue weighted by molar-refractivity contribution is 6.02. The van der Waals surface area contributed by atoms with Crippen LogP contribution in [-0.4, -0.2) is 56.5 Å². The number of carbonyl (C=O) groups is 1. The molecule has 0 atom stereocenters. The summed E-state index contributed by atoms with van der Waals surface area (Å²) in [7, 11) is 0. The molecule has 1 aliphatic heterocycles. The topological polar surface area (TPSA) is 63.2 Å². The van der Waals surface area contributed by atoms with Crippen molar-refractivity contribution in [1.82, 2.24) is 10.3 Å². The van der Waals surface area contributed by atoms with Gasteiger partial charge in [0.2, 0.25) is 0 Å². The molecule has 0 bridgehead atoms. The van der Waals surface area contributed by atoms with Crippen molar-refractivity contribution in [2.45, 2.75) is 6.92 Å². The van der Waals surface area contributed by atoms with Crippen molar-refractivity contribution >= 4 is 22.9 Å². The van der Waals surface area contributed by atoms with E-state index >= 15 is 0 Å². The van der Waals surface area contributed by atoms with Gasteiger partial charge in [0.15, 0.2) is 0 Å². The van der Waals surface area contributed by atoms with Gasteiger partial charge in [0, 0.05) is 18.7 Å². The van der Waals surface area contributed by atoms with Crippen LogP contribution in [0, 0.1) is 0 Å². The summed E-state index contributed by atoms with van der Waals surface area (Å²) in [5.41, 5.74) is 3.47. The largest absolute Gasteiger partial charge is 0.493 e. The predicted molar refractivity (Wildman–Crippen MR) is 98.1 cm³/mol. The first kappa shape index (κ1) is 17.4. The van der Waals surface area contributed by atoms with E-state index in [1.165, 1.54) is 0 Å². The van der Waals surface area contributed by atoms with Crippen molar-refractivity contribution in [1.29, 1.82) is 0 Å². The van der Waals surface area contributed by atoms with E-state index in [1.54, 1.807) is 6.21 Å². The second-order valence-corrected chi connectivity index (χ2v) is 5.81. The first-order valence-electron chi connectivity index (χ1n) is 8.54. The normalized spacial score (nSPS) is 15.6. The fourth-order valence-electron chi connectivity index (χ4n) is 2.86. The Labute approximate surface area is 147 Å². The Morgan fingerprint density at radius 1 is 1.28 bits per heavy atom. The lowest BCUT2D eigenvalue weighted by Gasteiger charge is -2.25. The molecule has 1 aliphatic rings. The van der Waals surface area contributed by atoms with Gasteiger partial charge in [-0.1, -0.05) is 30.3 Å². The maximum atomic E-state index is 12.0. The van der Waals surface area contributed by atoms with Gasteiger partial charge in [-0.25, -0.2) is 5.43 Å². The molecule has 1 amide bonds. The van der Waals surface area contributed by atoms with Crippen LogP contribution in [-0.2, 0) is 9.53 Å².